The average Bonchev–Trinajstić information content (AvgIpc) is 2.75. The van der Waals surface area contributed by atoms with Crippen molar-refractivity contribution in [1.82, 2.24) is 0 Å². The lowest BCUT2D eigenvalue weighted by Gasteiger charge is -2.06. The van der Waals surface area contributed by atoms with Crippen LogP contribution in [0.15, 0.2) is 30.3 Å². The fourth-order valence-corrected chi connectivity index (χ4v) is 2.12. The van der Waals surface area contributed by atoms with E-state index >= 15 is 0 Å². The maximum absolute atomic E-state index is 11.6. The zero-order valence-electron chi connectivity index (χ0n) is 8.26. The lowest BCUT2D eigenvalue weighted by Crippen LogP contribution is -2.12. The van der Waals surface area contributed by atoms with E-state index in [1.165, 1.54) is 0 Å². The molecule has 3 nitrogen and oxygen atoms in total. The lowest BCUT2D eigenvalue weighted by molar-refractivity contribution is 0.0267. The van der Waals surface area contributed by atoms with Gasteiger partial charge in [0.15, 0.2) is 0 Å². The van der Waals surface area contributed by atoms with E-state index in [0.717, 1.165) is 13.0 Å². The predicted molar refractivity (Wildman–Crippen MR) is 53.5 cm³/mol. The third-order valence-corrected chi connectivity index (χ3v) is 3.04. The Morgan fingerprint density at radius 3 is 2.80 bits per heavy atom. The van der Waals surface area contributed by atoms with Gasteiger partial charge in [0.1, 0.15) is 12.2 Å². The first-order valence-corrected chi connectivity index (χ1v) is 5.24. The molecule has 1 aromatic carbocycles. The monoisotopic (exact) mass is 204 g/mol. The number of carbonyl (C=O) groups is 1. The molecule has 2 fully saturated rings. The fraction of sp³-hybridized carbons (Fsp3) is 0.417. The second-order valence-corrected chi connectivity index (χ2v) is 4.02. The molecule has 0 spiro atoms. The van der Waals surface area contributed by atoms with Gasteiger partial charge in [-0.15, -0.1) is 0 Å². The standard InChI is InChI=1S/C12H12O3/c13-12(8-4-2-1-3-5-8)15-11-9-6-7-14-10(9)11/h1-5,9-11H,6-7H2. The van der Waals surface area contributed by atoms with Crippen LogP contribution >= 0.6 is 0 Å². The molecule has 0 radical (unpaired) electrons. The number of hydrogen-bond donors (Lipinski definition) is 0. The van der Waals surface area contributed by atoms with Gasteiger partial charge in [0.2, 0.25) is 0 Å². The van der Waals surface area contributed by atoms with Crippen molar-refractivity contribution in [3.8, 4) is 0 Å². The SMILES string of the molecule is O=C(OC1C2CCOC21)c1ccccc1. The Balaban J connectivity index is 1.63. The van der Waals surface area contributed by atoms with E-state index in [-0.39, 0.29) is 18.2 Å². The molecule has 1 aliphatic heterocycles. The van der Waals surface area contributed by atoms with Crippen LogP contribution in [0.1, 0.15) is 16.8 Å². The predicted octanol–water partition coefficient (Wildman–Crippen LogP) is 1.63. The van der Waals surface area contributed by atoms with Crippen LogP contribution in [0.5, 0.6) is 0 Å². The number of rotatable bonds is 2. The molecule has 0 N–H and O–H groups in total. The van der Waals surface area contributed by atoms with Crippen molar-refractivity contribution in [3.05, 3.63) is 35.9 Å². The second-order valence-electron chi connectivity index (χ2n) is 4.02. The summed E-state index contributed by atoms with van der Waals surface area (Å²) in [4.78, 5) is 11.6. The normalized spacial score (nSPS) is 32.1. The fourth-order valence-electron chi connectivity index (χ4n) is 2.12. The highest BCUT2D eigenvalue weighted by Crippen LogP contribution is 2.45. The molecule has 1 saturated carbocycles. The molecule has 1 saturated heterocycles. The Hall–Kier alpha value is -1.35. The molecular formula is C12H12O3. The van der Waals surface area contributed by atoms with Crippen molar-refractivity contribution in [3.63, 3.8) is 0 Å². The number of carbonyl (C=O) groups excluding carboxylic acids is 1. The van der Waals surface area contributed by atoms with Gasteiger partial charge in [-0.3, -0.25) is 0 Å². The molecular weight excluding hydrogens is 192 g/mol. The molecule has 1 aliphatic carbocycles. The zero-order valence-corrected chi connectivity index (χ0v) is 8.26. The van der Waals surface area contributed by atoms with Gasteiger partial charge < -0.3 is 9.47 Å². The van der Waals surface area contributed by atoms with Crippen LogP contribution in [0.3, 0.4) is 0 Å². The van der Waals surface area contributed by atoms with Gasteiger partial charge in [-0.25, -0.2) is 4.79 Å². The number of hydrogen-bond acceptors (Lipinski definition) is 3. The number of esters is 1. The zero-order chi connectivity index (χ0) is 10.3. The smallest absolute Gasteiger partial charge is 0.338 e. The van der Waals surface area contributed by atoms with E-state index in [4.69, 9.17) is 9.47 Å². The van der Waals surface area contributed by atoms with Crippen molar-refractivity contribution < 1.29 is 14.3 Å². The summed E-state index contributed by atoms with van der Waals surface area (Å²) in [6.45, 7) is 0.814. The minimum Gasteiger partial charge on any atom is -0.456 e. The summed E-state index contributed by atoms with van der Waals surface area (Å²) in [5.74, 6) is 0.219. The van der Waals surface area contributed by atoms with Gasteiger partial charge in [-0.05, 0) is 18.6 Å². The summed E-state index contributed by atoms with van der Waals surface area (Å²) in [5.41, 5.74) is 0.613. The van der Waals surface area contributed by atoms with Crippen molar-refractivity contribution in [1.29, 1.82) is 0 Å². The molecule has 3 heteroatoms. The molecule has 0 aromatic heterocycles. The molecule has 0 amide bonds. The first kappa shape index (κ1) is 8.92. The molecule has 3 unspecified atom stereocenters. The maximum Gasteiger partial charge on any atom is 0.338 e. The Labute approximate surface area is 88.0 Å². The molecule has 2 aliphatic rings. The molecule has 1 aromatic rings. The largest absolute Gasteiger partial charge is 0.456 e. The Morgan fingerprint density at radius 2 is 2.13 bits per heavy atom. The van der Waals surface area contributed by atoms with Crippen molar-refractivity contribution in [2.45, 2.75) is 18.6 Å². The number of fused-ring (bicyclic) bond motifs is 1. The third-order valence-electron chi connectivity index (χ3n) is 3.04. The Bertz CT molecular complexity index is 364. The topological polar surface area (TPSA) is 35.5 Å². The molecule has 3 atom stereocenters. The minimum atomic E-state index is -0.237. The van der Waals surface area contributed by atoms with Crippen LogP contribution in [0, 0.1) is 5.92 Å². The Kier molecular flexibility index (Phi) is 1.99. The van der Waals surface area contributed by atoms with Crippen LogP contribution in [0.25, 0.3) is 0 Å². The summed E-state index contributed by atoms with van der Waals surface area (Å²) < 4.78 is 10.7. The van der Waals surface area contributed by atoms with Crippen LogP contribution in [-0.4, -0.2) is 24.8 Å². The van der Waals surface area contributed by atoms with Crippen molar-refractivity contribution in [2.75, 3.05) is 6.61 Å². The molecule has 15 heavy (non-hydrogen) atoms. The van der Waals surface area contributed by atoms with E-state index in [1.807, 2.05) is 18.2 Å². The highest BCUT2D eigenvalue weighted by molar-refractivity contribution is 5.89. The van der Waals surface area contributed by atoms with Crippen LogP contribution < -0.4 is 0 Å². The average molecular weight is 204 g/mol. The summed E-state index contributed by atoms with van der Waals surface area (Å²) in [6, 6.07) is 9.08. The number of ether oxygens (including phenoxy) is 2. The van der Waals surface area contributed by atoms with Crippen LogP contribution in [0.2, 0.25) is 0 Å². The summed E-state index contributed by atoms with van der Waals surface area (Å²) in [7, 11) is 0. The van der Waals surface area contributed by atoms with E-state index in [2.05, 4.69) is 0 Å². The first-order valence-electron chi connectivity index (χ1n) is 5.24. The highest BCUT2D eigenvalue weighted by atomic mass is 16.6. The van der Waals surface area contributed by atoms with Crippen LogP contribution in [0.4, 0.5) is 0 Å². The van der Waals surface area contributed by atoms with Gasteiger partial charge >= 0.3 is 5.97 Å². The Morgan fingerprint density at radius 1 is 1.33 bits per heavy atom. The van der Waals surface area contributed by atoms with E-state index in [1.54, 1.807) is 12.1 Å². The van der Waals surface area contributed by atoms with Crippen LogP contribution in [-0.2, 0) is 9.47 Å². The van der Waals surface area contributed by atoms with Gasteiger partial charge in [-0.1, -0.05) is 18.2 Å². The van der Waals surface area contributed by atoms with Gasteiger partial charge in [0, 0.05) is 12.5 Å². The molecule has 3 rings (SSSR count). The summed E-state index contributed by atoms with van der Waals surface area (Å²) in [6.07, 6.45) is 1.21. The molecule has 0 bridgehead atoms. The third kappa shape index (κ3) is 1.53. The summed E-state index contributed by atoms with van der Waals surface area (Å²) in [5, 5.41) is 0. The van der Waals surface area contributed by atoms with Gasteiger partial charge in [-0.2, -0.15) is 0 Å². The molecule has 78 valence electrons. The lowest BCUT2D eigenvalue weighted by atomic mass is 10.2. The second kappa shape index (κ2) is 3.35. The van der Waals surface area contributed by atoms with E-state index < -0.39 is 0 Å². The minimum absolute atomic E-state index is 0.00598. The molecule has 1 heterocycles. The van der Waals surface area contributed by atoms with E-state index in [9.17, 15) is 4.79 Å². The van der Waals surface area contributed by atoms with Crippen molar-refractivity contribution >= 4 is 5.97 Å². The highest BCUT2D eigenvalue weighted by Gasteiger charge is 2.57. The van der Waals surface area contributed by atoms with Gasteiger partial charge in [0.25, 0.3) is 0 Å². The van der Waals surface area contributed by atoms with Crippen molar-refractivity contribution in [2.24, 2.45) is 5.92 Å². The number of benzene rings is 1. The quantitative estimate of drug-likeness (QED) is 0.687. The van der Waals surface area contributed by atoms with E-state index in [0.29, 0.717) is 11.5 Å². The van der Waals surface area contributed by atoms with Gasteiger partial charge in [0.05, 0.1) is 5.56 Å². The summed E-state index contributed by atoms with van der Waals surface area (Å²) >= 11 is 0. The first-order chi connectivity index (χ1) is 7.36. The maximum atomic E-state index is 11.6.